The van der Waals surface area contributed by atoms with E-state index in [0.717, 1.165) is 31.2 Å². The predicted octanol–water partition coefficient (Wildman–Crippen LogP) is 6.26. The number of rotatable bonds is 6. The normalized spacial score (nSPS) is 21.0. The molecule has 0 aliphatic heterocycles. The van der Waals surface area contributed by atoms with Crippen molar-refractivity contribution in [3.05, 3.63) is 71.3 Å². The highest BCUT2D eigenvalue weighted by atomic mass is 16.5. The summed E-state index contributed by atoms with van der Waals surface area (Å²) in [6.45, 7) is 6.41. The quantitative estimate of drug-likeness (QED) is 0.566. The van der Waals surface area contributed by atoms with Crippen LogP contribution in [-0.2, 0) is 16.0 Å². The number of carbonyl (C=O) groups excluding carboxylic acids is 1. The van der Waals surface area contributed by atoms with Gasteiger partial charge in [-0.15, -0.1) is 0 Å². The summed E-state index contributed by atoms with van der Waals surface area (Å²) in [4.78, 5) is 12.8. The summed E-state index contributed by atoms with van der Waals surface area (Å²) in [5.41, 5.74) is 3.66. The zero-order valence-corrected chi connectivity index (χ0v) is 16.9. The molecule has 0 aromatic heterocycles. The summed E-state index contributed by atoms with van der Waals surface area (Å²) in [5, 5.41) is 0. The molecule has 1 saturated carbocycles. The monoisotopic (exact) mass is 364 g/mol. The van der Waals surface area contributed by atoms with Crippen LogP contribution < -0.4 is 0 Å². The lowest BCUT2D eigenvalue weighted by Gasteiger charge is -2.32. The van der Waals surface area contributed by atoms with Crippen LogP contribution in [0.1, 0.15) is 75.0 Å². The van der Waals surface area contributed by atoms with Gasteiger partial charge >= 0.3 is 5.97 Å². The van der Waals surface area contributed by atoms with E-state index < -0.39 is 0 Å². The summed E-state index contributed by atoms with van der Waals surface area (Å²) in [6, 6.07) is 19.0. The largest absolute Gasteiger partial charge is 0.461 e. The zero-order chi connectivity index (χ0) is 19.2. The molecule has 2 aromatic rings. The van der Waals surface area contributed by atoms with Crippen LogP contribution in [0.2, 0.25) is 0 Å². The molecule has 0 bridgehead atoms. The fraction of sp³-hybridized carbons (Fsp3) is 0.480. The van der Waals surface area contributed by atoms with Crippen molar-refractivity contribution in [2.45, 2.75) is 70.8 Å². The zero-order valence-electron chi connectivity index (χ0n) is 16.9. The van der Waals surface area contributed by atoms with Crippen LogP contribution in [0.5, 0.6) is 0 Å². The Bertz CT molecular complexity index is 718. The molecule has 2 nitrogen and oxygen atoms in total. The van der Waals surface area contributed by atoms with Gasteiger partial charge in [-0.25, -0.2) is 0 Å². The molecule has 3 atom stereocenters. The molecule has 1 aliphatic carbocycles. The van der Waals surface area contributed by atoms with Crippen molar-refractivity contribution in [3.63, 3.8) is 0 Å². The first-order valence-electron chi connectivity index (χ1n) is 10.4. The Morgan fingerprint density at radius 1 is 0.963 bits per heavy atom. The lowest BCUT2D eigenvalue weighted by atomic mass is 9.81. The number of esters is 1. The minimum Gasteiger partial charge on any atom is -0.461 e. The minimum absolute atomic E-state index is 0.00341. The number of benzene rings is 2. The molecule has 0 spiro atoms. The molecule has 0 amide bonds. The van der Waals surface area contributed by atoms with Gasteiger partial charge < -0.3 is 4.74 Å². The van der Waals surface area contributed by atoms with Crippen molar-refractivity contribution < 1.29 is 9.53 Å². The SMILES string of the molecule is CC(C)Cc1ccc([C@H](C)C(=O)O[C@H]2CCCC[C@@H]2c2ccccc2)cc1. The summed E-state index contributed by atoms with van der Waals surface area (Å²) in [7, 11) is 0. The van der Waals surface area contributed by atoms with Gasteiger partial charge in [0.25, 0.3) is 0 Å². The lowest BCUT2D eigenvalue weighted by molar-refractivity contribution is -0.153. The fourth-order valence-corrected chi connectivity index (χ4v) is 4.12. The third-order valence-electron chi connectivity index (χ3n) is 5.68. The van der Waals surface area contributed by atoms with Crippen LogP contribution in [0.4, 0.5) is 0 Å². The Morgan fingerprint density at radius 3 is 2.30 bits per heavy atom. The summed E-state index contributed by atoms with van der Waals surface area (Å²) < 4.78 is 6.03. The molecule has 0 saturated heterocycles. The summed E-state index contributed by atoms with van der Waals surface area (Å²) in [5.74, 6) is 0.639. The molecule has 3 rings (SSSR count). The maximum atomic E-state index is 12.8. The van der Waals surface area contributed by atoms with Gasteiger partial charge in [0, 0.05) is 5.92 Å². The number of carbonyl (C=O) groups is 1. The van der Waals surface area contributed by atoms with Gasteiger partial charge in [-0.3, -0.25) is 4.79 Å². The van der Waals surface area contributed by atoms with E-state index in [1.54, 1.807) is 0 Å². The van der Waals surface area contributed by atoms with Gasteiger partial charge in [-0.1, -0.05) is 74.9 Å². The van der Waals surface area contributed by atoms with Gasteiger partial charge in [-0.05, 0) is 55.2 Å². The smallest absolute Gasteiger partial charge is 0.313 e. The first-order chi connectivity index (χ1) is 13.0. The van der Waals surface area contributed by atoms with E-state index in [2.05, 4.69) is 62.4 Å². The van der Waals surface area contributed by atoms with Crippen molar-refractivity contribution in [1.29, 1.82) is 0 Å². The van der Waals surface area contributed by atoms with Crippen LogP contribution in [0.15, 0.2) is 54.6 Å². The first-order valence-corrected chi connectivity index (χ1v) is 10.4. The van der Waals surface area contributed by atoms with Gasteiger partial charge in [-0.2, -0.15) is 0 Å². The number of ether oxygens (including phenoxy) is 1. The molecule has 2 aromatic carbocycles. The Labute approximate surface area is 164 Å². The van der Waals surface area contributed by atoms with Crippen LogP contribution in [0.3, 0.4) is 0 Å². The molecule has 0 N–H and O–H groups in total. The molecule has 144 valence electrons. The Kier molecular flexibility index (Phi) is 6.71. The van der Waals surface area contributed by atoms with E-state index in [0.29, 0.717) is 11.8 Å². The van der Waals surface area contributed by atoms with Crippen LogP contribution in [0.25, 0.3) is 0 Å². The van der Waals surface area contributed by atoms with Gasteiger partial charge in [0.15, 0.2) is 0 Å². The topological polar surface area (TPSA) is 26.3 Å². The molecular formula is C25H32O2. The van der Waals surface area contributed by atoms with Crippen molar-refractivity contribution >= 4 is 5.97 Å². The van der Waals surface area contributed by atoms with E-state index in [1.807, 2.05) is 13.0 Å². The third-order valence-corrected chi connectivity index (χ3v) is 5.68. The van der Waals surface area contributed by atoms with E-state index in [-0.39, 0.29) is 18.0 Å². The molecular weight excluding hydrogens is 332 g/mol. The Balaban J connectivity index is 1.66. The third kappa shape index (κ3) is 5.22. The van der Waals surface area contributed by atoms with E-state index >= 15 is 0 Å². The molecule has 1 aliphatic rings. The maximum absolute atomic E-state index is 12.8. The standard InChI is InChI=1S/C25H32O2/c1-18(2)17-20-13-15-21(16-14-20)19(3)25(26)27-24-12-8-7-11-23(24)22-9-5-4-6-10-22/h4-6,9-10,13-16,18-19,23-24H,7-8,11-12,17H2,1-3H3/t19-,23+,24-/m0/s1. The second-order valence-corrected chi connectivity index (χ2v) is 8.34. The van der Waals surface area contributed by atoms with Gasteiger partial charge in [0.2, 0.25) is 0 Å². The summed E-state index contributed by atoms with van der Waals surface area (Å²) in [6.07, 6.45) is 5.47. The van der Waals surface area contributed by atoms with Crippen LogP contribution in [0, 0.1) is 5.92 Å². The van der Waals surface area contributed by atoms with Crippen molar-refractivity contribution in [3.8, 4) is 0 Å². The van der Waals surface area contributed by atoms with E-state index in [4.69, 9.17) is 4.74 Å². The van der Waals surface area contributed by atoms with Gasteiger partial charge in [0.1, 0.15) is 6.10 Å². The molecule has 1 fully saturated rings. The molecule has 2 heteroatoms. The van der Waals surface area contributed by atoms with Crippen LogP contribution in [-0.4, -0.2) is 12.1 Å². The Hall–Kier alpha value is -2.09. The lowest BCUT2D eigenvalue weighted by Crippen LogP contribution is -2.30. The van der Waals surface area contributed by atoms with E-state index in [1.165, 1.54) is 17.5 Å². The molecule has 0 unspecified atom stereocenters. The second kappa shape index (κ2) is 9.21. The highest BCUT2D eigenvalue weighted by Crippen LogP contribution is 2.36. The predicted molar refractivity (Wildman–Crippen MR) is 111 cm³/mol. The van der Waals surface area contributed by atoms with E-state index in [9.17, 15) is 4.79 Å². The molecule has 27 heavy (non-hydrogen) atoms. The second-order valence-electron chi connectivity index (χ2n) is 8.34. The molecule has 0 radical (unpaired) electrons. The van der Waals surface area contributed by atoms with Crippen molar-refractivity contribution in [1.82, 2.24) is 0 Å². The average molecular weight is 365 g/mol. The highest BCUT2D eigenvalue weighted by Gasteiger charge is 2.31. The highest BCUT2D eigenvalue weighted by molar-refractivity contribution is 5.78. The van der Waals surface area contributed by atoms with Gasteiger partial charge in [0.05, 0.1) is 5.92 Å². The van der Waals surface area contributed by atoms with Crippen LogP contribution >= 0.6 is 0 Å². The summed E-state index contributed by atoms with van der Waals surface area (Å²) >= 11 is 0. The maximum Gasteiger partial charge on any atom is 0.313 e. The molecule has 0 heterocycles. The fourth-order valence-electron chi connectivity index (χ4n) is 4.12. The minimum atomic E-state index is -0.226. The van der Waals surface area contributed by atoms with Crippen molar-refractivity contribution in [2.24, 2.45) is 5.92 Å². The average Bonchev–Trinajstić information content (AvgIpc) is 2.68. The number of hydrogen-bond donors (Lipinski definition) is 0. The van der Waals surface area contributed by atoms with Crippen molar-refractivity contribution in [2.75, 3.05) is 0 Å². The first kappa shape index (κ1) is 19.7. The number of hydrogen-bond acceptors (Lipinski definition) is 2. The Morgan fingerprint density at radius 2 is 1.63 bits per heavy atom.